The fraction of sp³-hybridized carbons (Fsp3) is 0.160. The van der Waals surface area contributed by atoms with Gasteiger partial charge < -0.3 is 31.0 Å². The van der Waals surface area contributed by atoms with Gasteiger partial charge in [0.2, 0.25) is 5.75 Å². The summed E-state index contributed by atoms with van der Waals surface area (Å²) >= 11 is 1.05. The van der Waals surface area contributed by atoms with Gasteiger partial charge >= 0.3 is 0 Å². The van der Waals surface area contributed by atoms with E-state index < -0.39 is 5.91 Å². The van der Waals surface area contributed by atoms with E-state index in [4.69, 9.17) is 25.7 Å². The molecule has 0 atom stereocenters. The smallest absolute Gasteiger partial charge is 0.263 e. The number of benzene rings is 2. The zero-order valence-electron chi connectivity index (χ0n) is 19.6. The van der Waals surface area contributed by atoms with Crippen LogP contribution in [-0.2, 0) is 6.54 Å². The highest BCUT2D eigenvalue weighted by molar-refractivity contribution is 7.21. The lowest BCUT2D eigenvalue weighted by atomic mass is 9.96. The number of fused-ring (bicyclic) bond motifs is 1. The minimum Gasteiger partial charge on any atom is -0.493 e. The average Bonchev–Trinajstić information content (AvgIpc) is 3.21. The summed E-state index contributed by atoms with van der Waals surface area (Å²) in [5.41, 5.74) is 14.5. The van der Waals surface area contributed by atoms with Crippen molar-refractivity contribution in [1.82, 2.24) is 10.3 Å². The second-order valence-electron chi connectivity index (χ2n) is 7.61. The molecule has 0 bridgehead atoms. The Morgan fingerprint density at radius 1 is 1.11 bits per heavy atom. The van der Waals surface area contributed by atoms with Crippen LogP contribution in [0.15, 0.2) is 36.4 Å². The second kappa shape index (κ2) is 9.97. The molecule has 0 saturated carbocycles. The maximum atomic E-state index is 13.2. The van der Waals surface area contributed by atoms with Gasteiger partial charge in [0.05, 0.1) is 27.0 Å². The molecule has 2 aromatic heterocycles. The van der Waals surface area contributed by atoms with Crippen LogP contribution in [-0.4, -0.2) is 32.2 Å². The normalized spacial score (nSPS) is 10.6. The molecule has 5 N–H and O–H groups in total. The fourth-order valence-electron chi connectivity index (χ4n) is 3.83. The van der Waals surface area contributed by atoms with Crippen molar-refractivity contribution in [2.45, 2.75) is 6.54 Å². The lowest BCUT2D eigenvalue weighted by molar-refractivity contribution is 0.0956. The molecule has 36 heavy (non-hydrogen) atoms. The van der Waals surface area contributed by atoms with Crippen LogP contribution in [0.3, 0.4) is 0 Å². The Hall–Kier alpha value is -4.56. The molecule has 1 amide bonds. The van der Waals surface area contributed by atoms with Crippen LogP contribution in [0, 0.1) is 17.1 Å². The van der Waals surface area contributed by atoms with Gasteiger partial charge in [-0.3, -0.25) is 4.79 Å². The minimum atomic E-state index is -0.437. The number of methoxy groups -OCH3 is 3. The Balaban J connectivity index is 1.86. The van der Waals surface area contributed by atoms with Gasteiger partial charge in [0, 0.05) is 17.5 Å². The number of hydrogen-bond donors (Lipinski definition) is 3. The Bertz CT molecular complexity index is 1490. The Morgan fingerprint density at radius 2 is 1.75 bits per heavy atom. The lowest BCUT2D eigenvalue weighted by Crippen LogP contribution is -2.22. The SMILES string of the molecule is COc1cc(-c2c(C#N)c(N)nc3sc(C(=O)NCc4ccc(F)cc4)c(N)c23)cc(OC)c1OC. The number of halogens is 1. The number of pyridine rings is 1. The maximum absolute atomic E-state index is 13.2. The number of amides is 1. The number of nitrogens with zero attached hydrogens (tertiary/aromatic N) is 2. The van der Waals surface area contributed by atoms with Gasteiger partial charge in [0.1, 0.15) is 33.0 Å². The molecular formula is C25H22FN5O4S. The number of carbonyl (C=O) groups excluding carboxylic acids is 1. The molecule has 4 aromatic rings. The van der Waals surface area contributed by atoms with E-state index in [1.54, 1.807) is 24.3 Å². The quantitative estimate of drug-likeness (QED) is 0.339. The number of nitrogens with one attached hydrogen (secondary N) is 1. The largest absolute Gasteiger partial charge is 0.493 e. The van der Waals surface area contributed by atoms with E-state index in [1.165, 1.54) is 33.5 Å². The summed E-state index contributed by atoms with van der Waals surface area (Å²) in [4.78, 5) is 17.9. The van der Waals surface area contributed by atoms with E-state index in [9.17, 15) is 14.4 Å². The predicted octanol–water partition coefficient (Wildman–Crippen LogP) is 4.09. The Kier molecular flexibility index (Phi) is 6.80. The van der Waals surface area contributed by atoms with E-state index in [0.29, 0.717) is 38.6 Å². The van der Waals surface area contributed by atoms with Crippen LogP contribution in [0.4, 0.5) is 15.9 Å². The summed E-state index contributed by atoms with van der Waals surface area (Å²) in [6, 6.07) is 11.2. The molecule has 2 heterocycles. The number of nitrogen functional groups attached to an aromatic ring is 2. The van der Waals surface area contributed by atoms with Crippen LogP contribution in [0.25, 0.3) is 21.3 Å². The summed E-state index contributed by atoms with van der Waals surface area (Å²) in [5.74, 6) is 0.298. The lowest BCUT2D eigenvalue weighted by Gasteiger charge is -2.16. The number of carbonyl (C=O) groups is 1. The number of rotatable bonds is 7. The number of anilines is 2. The first kappa shape index (κ1) is 24.6. The first-order valence-corrected chi connectivity index (χ1v) is 11.4. The fourth-order valence-corrected chi connectivity index (χ4v) is 4.86. The van der Waals surface area contributed by atoms with Crippen molar-refractivity contribution in [2.24, 2.45) is 0 Å². The van der Waals surface area contributed by atoms with Crippen LogP contribution in [0.1, 0.15) is 20.8 Å². The van der Waals surface area contributed by atoms with Crippen LogP contribution in [0.2, 0.25) is 0 Å². The molecule has 0 aliphatic carbocycles. The summed E-state index contributed by atoms with van der Waals surface area (Å²) < 4.78 is 29.5. The van der Waals surface area contributed by atoms with Crippen molar-refractivity contribution in [3.63, 3.8) is 0 Å². The third-order valence-electron chi connectivity index (χ3n) is 5.54. The molecule has 9 nitrogen and oxygen atoms in total. The highest BCUT2D eigenvalue weighted by atomic mass is 32.1. The number of aromatic nitrogens is 1. The van der Waals surface area contributed by atoms with Crippen molar-refractivity contribution in [1.29, 1.82) is 5.26 Å². The molecule has 184 valence electrons. The number of nitriles is 1. The van der Waals surface area contributed by atoms with Gasteiger partial charge in [-0.05, 0) is 35.4 Å². The molecule has 0 aliphatic heterocycles. The number of hydrogen-bond acceptors (Lipinski definition) is 9. The highest BCUT2D eigenvalue weighted by Crippen LogP contribution is 2.47. The van der Waals surface area contributed by atoms with E-state index in [1.807, 2.05) is 0 Å². The maximum Gasteiger partial charge on any atom is 0.263 e. The molecule has 4 rings (SSSR count). The van der Waals surface area contributed by atoms with E-state index in [-0.39, 0.29) is 34.3 Å². The van der Waals surface area contributed by atoms with Crippen LogP contribution >= 0.6 is 11.3 Å². The second-order valence-corrected chi connectivity index (χ2v) is 8.61. The minimum absolute atomic E-state index is 0.00623. The number of nitrogens with two attached hydrogens (primary N) is 2. The average molecular weight is 508 g/mol. The van der Waals surface area contributed by atoms with E-state index in [2.05, 4.69) is 16.4 Å². The molecule has 0 saturated heterocycles. The zero-order chi connectivity index (χ0) is 26.0. The third-order valence-corrected chi connectivity index (χ3v) is 6.64. The third kappa shape index (κ3) is 4.30. The summed E-state index contributed by atoms with van der Waals surface area (Å²) in [6.45, 7) is 0.172. The topological polar surface area (TPSA) is 146 Å². The number of ether oxygens (including phenoxy) is 3. The van der Waals surface area contributed by atoms with Gasteiger partial charge in [0.25, 0.3) is 5.91 Å². The summed E-state index contributed by atoms with van der Waals surface area (Å²) in [5, 5.41) is 13.1. The van der Waals surface area contributed by atoms with Gasteiger partial charge in [-0.1, -0.05) is 12.1 Å². The zero-order valence-corrected chi connectivity index (χ0v) is 20.5. The predicted molar refractivity (Wildman–Crippen MR) is 136 cm³/mol. The molecule has 11 heteroatoms. The first-order chi connectivity index (χ1) is 17.3. The summed E-state index contributed by atoms with van der Waals surface area (Å²) in [7, 11) is 4.44. The monoisotopic (exact) mass is 507 g/mol. The molecule has 0 aliphatic rings. The molecule has 2 aromatic carbocycles. The Labute approximate surface area is 210 Å². The Morgan fingerprint density at radius 3 is 2.31 bits per heavy atom. The van der Waals surface area contributed by atoms with Crippen LogP contribution in [0.5, 0.6) is 17.2 Å². The molecule has 0 spiro atoms. The standard InChI is InChI=1S/C25H22FN5O4S/c1-33-16-8-13(9-17(34-2)21(16)35-3)18-15(10-27)23(29)31-25-19(18)20(28)22(36-25)24(32)30-11-12-4-6-14(26)7-5-12/h4-9H,11,28H2,1-3H3,(H2,29,31)(H,30,32). The van der Waals surface area contributed by atoms with Gasteiger partial charge in [0.15, 0.2) is 11.5 Å². The van der Waals surface area contributed by atoms with Crippen molar-refractivity contribution in [3.8, 4) is 34.4 Å². The molecule has 0 fully saturated rings. The van der Waals surface area contributed by atoms with Gasteiger partial charge in [-0.15, -0.1) is 11.3 Å². The van der Waals surface area contributed by atoms with Crippen molar-refractivity contribution in [2.75, 3.05) is 32.8 Å². The van der Waals surface area contributed by atoms with Crippen molar-refractivity contribution in [3.05, 3.63) is 58.2 Å². The van der Waals surface area contributed by atoms with E-state index in [0.717, 1.165) is 16.9 Å². The van der Waals surface area contributed by atoms with Gasteiger partial charge in [-0.2, -0.15) is 5.26 Å². The summed E-state index contributed by atoms with van der Waals surface area (Å²) in [6.07, 6.45) is 0. The highest BCUT2D eigenvalue weighted by Gasteiger charge is 2.26. The van der Waals surface area contributed by atoms with Crippen LogP contribution < -0.4 is 31.0 Å². The van der Waals surface area contributed by atoms with Crippen molar-refractivity contribution >= 4 is 39.0 Å². The first-order valence-electron chi connectivity index (χ1n) is 10.6. The van der Waals surface area contributed by atoms with Gasteiger partial charge in [-0.25, -0.2) is 9.37 Å². The van der Waals surface area contributed by atoms with Crippen molar-refractivity contribution < 1.29 is 23.4 Å². The molecular weight excluding hydrogens is 485 g/mol. The van der Waals surface area contributed by atoms with E-state index >= 15 is 0 Å². The molecule has 0 unspecified atom stereocenters. The number of thiophene rings is 1. The molecule has 0 radical (unpaired) electrons.